The van der Waals surface area contributed by atoms with Gasteiger partial charge in [0.15, 0.2) is 0 Å². The van der Waals surface area contributed by atoms with Gasteiger partial charge < -0.3 is 9.73 Å². The molecule has 0 aliphatic carbocycles. The Hall–Kier alpha value is -2.45. The van der Waals surface area contributed by atoms with Gasteiger partial charge in [0.05, 0.1) is 24.0 Å². The number of fused-ring (bicyclic) bond motifs is 1. The number of likely N-dealkylation sites (N-methyl/N-ethyl adjacent to an activating group) is 1. The van der Waals surface area contributed by atoms with Gasteiger partial charge in [-0.1, -0.05) is 0 Å². The van der Waals surface area contributed by atoms with Gasteiger partial charge in [-0.2, -0.15) is 0 Å². The van der Waals surface area contributed by atoms with E-state index in [4.69, 9.17) is 4.42 Å². The summed E-state index contributed by atoms with van der Waals surface area (Å²) in [5, 5.41) is 3.58. The maximum atomic E-state index is 12.7. The lowest BCUT2D eigenvalue weighted by atomic mass is 10.2. The normalized spacial score (nSPS) is 12.6. The fourth-order valence-corrected chi connectivity index (χ4v) is 3.96. The summed E-state index contributed by atoms with van der Waals surface area (Å²) in [7, 11) is 3.87. The van der Waals surface area contributed by atoms with Gasteiger partial charge in [-0.15, -0.1) is 11.3 Å². The number of carbonyl (C=O) groups is 1. The van der Waals surface area contributed by atoms with E-state index in [0.29, 0.717) is 18.5 Å². The van der Waals surface area contributed by atoms with Crippen molar-refractivity contribution in [2.45, 2.75) is 32.9 Å². The maximum Gasteiger partial charge on any atom is 0.262 e. The summed E-state index contributed by atoms with van der Waals surface area (Å²) < 4.78 is 6.95. The Morgan fingerprint density at radius 3 is 2.85 bits per heavy atom. The summed E-state index contributed by atoms with van der Waals surface area (Å²) in [6, 6.07) is 3.68. The van der Waals surface area contributed by atoms with E-state index in [2.05, 4.69) is 10.3 Å². The quantitative estimate of drug-likeness (QED) is 0.673. The van der Waals surface area contributed by atoms with Gasteiger partial charge in [0, 0.05) is 24.4 Å². The van der Waals surface area contributed by atoms with E-state index >= 15 is 0 Å². The summed E-state index contributed by atoms with van der Waals surface area (Å²) in [5.41, 5.74) is 0.884. The van der Waals surface area contributed by atoms with E-state index in [-0.39, 0.29) is 23.9 Å². The van der Waals surface area contributed by atoms with Gasteiger partial charge in [0.25, 0.3) is 5.56 Å². The highest BCUT2D eigenvalue weighted by Crippen LogP contribution is 2.25. The minimum Gasteiger partial charge on any atom is -0.468 e. The zero-order valence-electron chi connectivity index (χ0n) is 16.0. The number of furan rings is 1. The fraction of sp³-hybridized carbons (Fsp3) is 0.421. The number of aryl methyl sites for hydroxylation is 3. The molecule has 1 unspecified atom stereocenters. The zero-order chi connectivity index (χ0) is 19.6. The van der Waals surface area contributed by atoms with E-state index in [9.17, 15) is 9.59 Å². The van der Waals surface area contributed by atoms with Crippen molar-refractivity contribution < 1.29 is 9.21 Å². The molecule has 0 saturated carbocycles. The SMILES string of the molecule is Cc1sc2ncn(CCC(=O)NCC(c3ccco3)N(C)C)c(=O)c2c1C. The highest BCUT2D eigenvalue weighted by molar-refractivity contribution is 7.18. The van der Waals surface area contributed by atoms with Gasteiger partial charge in [-0.25, -0.2) is 4.98 Å². The second-order valence-corrected chi connectivity index (χ2v) is 7.96. The van der Waals surface area contributed by atoms with Crippen molar-refractivity contribution in [2.24, 2.45) is 0 Å². The molecule has 1 atom stereocenters. The number of carbonyl (C=O) groups excluding carboxylic acids is 1. The summed E-state index contributed by atoms with van der Waals surface area (Å²) in [5.74, 6) is 0.688. The van der Waals surface area contributed by atoms with E-state index in [1.165, 1.54) is 22.2 Å². The van der Waals surface area contributed by atoms with E-state index in [1.807, 2.05) is 45.0 Å². The molecule has 0 aliphatic heterocycles. The smallest absolute Gasteiger partial charge is 0.262 e. The number of amides is 1. The lowest BCUT2D eigenvalue weighted by molar-refractivity contribution is -0.121. The molecule has 0 fully saturated rings. The number of hydrogen-bond donors (Lipinski definition) is 1. The molecular formula is C19H24N4O3S. The summed E-state index contributed by atoms with van der Waals surface area (Å²) in [6.07, 6.45) is 3.36. The van der Waals surface area contributed by atoms with Crippen molar-refractivity contribution in [3.05, 3.63) is 51.3 Å². The Balaban J connectivity index is 1.62. The Kier molecular flexibility index (Phi) is 5.76. The molecular weight excluding hydrogens is 364 g/mol. The molecule has 1 N–H and O–H groups in total. The number of hydrogen-bond acceptors (Lipinski definition) is 6. The van der Waals surface area contributed by atoms with Crippen molar-refractivity contribution in [1.82, 2.24) is 19.8 Å². The predicted octanol–water partition coefficient (Wildman–Crippen LogP) is 2.48. The number of rotatable bonds is 7. The van der Waals surface area contributed by atoms with Crippen molar-refractivity contribution in [2.75, 3.05) is 20.6 Å². The average molecular weight is 388 g/mol. The van der Waals surface area contributed by atoms with Crippen LogP contribution in [-0.2, 0) is 11.3 Å². The predicted molar refractivity (Wildman–Crippen MR) is 106 cm³/mol. The third-order valence-corrected chi connectivity index (χ3v) is 5.84. The summed E-state index contributed by atoms with van der Waals surface area (Å²) in [6.45, 7) is 4.66. The Labute approximate surface area is 161 Å². The zero-order valence-corrected chi connectivity index (χ0v) is 16.8. The standard InChI is InChI=1S/C19H24N4O3S/c1-12-13(2)27-18-17(12)19(25)23(11-21-18)8-7-16(24)20-10-14(22(3)4)15-6-5-9-26-15/h5-6,9,11,14H,7-8,10H2,1-4H3,(H,20,24). The van der Waals surface area contributed by atoms with Crippen molar-refractivity contribution in [1.29, 1.82) is 0 Å². The molecule has 0 saturated heterocycles. The second kappa shape index (κ2) is 8.06. The van der Waals surface area contributed by atoms with Crippen LogP contribution in [-0.4, -0.2) is 41.0 Å². The molecule has 0 aliphatic rings. The van der Waals surface area contributed by atoms with Crippen molar-refractivity contribution in [3.8, 4) is 0 Å². The van der Waals surface area contributed by atoms with Crippen LogP contribution in [0.1, 0.15) is 28.7 Å². The minimum atomic E-state index is -0.112. The Morgan fingerprint density at radius 1 is 1.41 bits per heavy atom. The van der Waals surface area contributed by atoms with Crippen LogP contribution in [0.4, 0.5) is 0 Å². The Bertz CT molecular complexity index is 988. The van der Waals surface area contributed by atoms with Crippen molar-refractivity contribution >= 4 is 27.5 Å². The molecule has 0 bridgehead atoms. The molecule has 0 aromatic carbocycles. The first kappa shape index (κ1) is 19.3. The molecule has 27 heavy (non-hydrogen) atoms. The molecule has 0 spiro atoms. The van der Waals surface area contributed by atoms with Crippen LogP contribution < -0.4 is 10.9 Å². The monoisotopic (exact) mass is 388 g/mol. The number of nitrogens with zero attached hydrogens (tertiary/aromatic N) is 3. The van der Waals surface area contributed by atoms with Gasteiger partial charge in [-0.05, 0) is 45.6 Å². The fourth-order valence-electron chi connectivity index (χ4n) is 2.97. The van der Waals surface area contributed by atoms with Gasteiger partial charge in [0.1, 0.15) is 10.6 Å². The van der Waals surface area contributed by atoms with Gasteiger partial charge in [0.2, 0.25) is 5.91 Å². The molecule has 0 radical (unpaired) electrons. The molecule has 8 heteroatoms. The first-order valence-electron chi connectivity index (χ1n) is 8.80. The molecule has 144 valence electrons. The largest absolute Gasteiger partial charge is 0.468 e. The summed E-state index contributed by atoms with van der Waals surface area (Å²) in [4.78, 5) is 33.1. The first-order valence-corrected chi connectivity index (χ1v) is 9.61. The highest BCUT2D eigenvalue weighted by Gasteiger charge is 2.18. The summed E-state index contributed by atoms with van der Waals surface area (Å²) >= 11 is 1.52. The Morgan fingerprint density at radius 2 is 2.19 bits per heavy atom. The highest BCUT2D eigenvalue weighted by atomic mass is 32.1. The number of thiophene rings is 1. The van der Waals surface area contributed by atoms with Crippen LogP contribution in [0.2, 0.25) is 0 Å². The molecule has 3 heterocycles. The van der Waals surface area contributed by atoms with E-state index in [1.54, 1.807) is 6.26 Å². The molecule has 1 amide bonds. The molecule has 7 nitrogen and oxygen atoms in total. The van der Waals surface area contributed by atoms with E-state index < -0.39 is 0 Å². The molecule has 3 aromatic heterocycles. The average Bonchev–Trinajstić information content (AvgIpc) is 3.24. The topological polar surface area (TPSA) is 80.4 Å². The molecule has 3 aromatic rings. The van der Waals surface area contributed by atoms with Crippen LogP contribution in [0, 0.1) is 13.8 Å². The van der Waals surface area contributed by atoms with Crippen LogP contribution in [0.3, 0.4) is 0 Å². The third-order valence-electron chi connectivity index (χ3n) is 4.72. The van der Waals surface area contributed by atoms with Crippen LogP contribution in [0.5, 0.6) is 0 Å². The van der Waals surface area contributed by atoms with Gasteiger partial charge >= 0.3 is 0 Å². The van der Waals surface area contributed by atoms with Gasteiger partial charge in [-0.3, -0.25) is 19.1 Å². The first-order chi connectivity index (χ1) is 12.9. The lowest BCUT2D eigenvalue weighted by Gasteiger charge is -2.22. The second-order valence-electron chi connectivity index (χ2n) is 6.76. The van der Waals surface area contributed by atoms with E-state index in [0.717, 1.165) is 21.0 Å². The maximum absolute atomic E-state index is 12.7. The third kappa shape index (κ3) is 4.12. The van der Waals surface area contributed by atoms with Crippen LogP contribution in [0.15, 0.2) is 33.9 Å². The van der Waals surface area contributed by atoms with Crippen LogP contribution >= 0.6 is 11.3 Å². The number of aromatic nitrogens is 2. The number of nitrogens with one attached hydrogen (secondary N) is 1. The lowest BCUT2D eigenvalue weighted by Crippen LogP contribution is -2.35. The van der Waals surface area contributed by atoms with Crippen molar-refractivity contribution in [3.63, 3.8) is 0 Å². The van der Waals surface area contributed by atoms with Crippen LogP contribution in [0.25, 0.3) is 10.2 Å². The molecule has 3 rings (SSSR count). The minimum absolute atomic E-state index is 0.0406.